The van der Waals surface area contributed by atoms with E-state index in [9.17, 15) is 4.79 Å². The van der Waals surface area contributed by atoms with E-state index in [2.05, 4.69) is 25.3 Å². The standard InChI is InChI=1S/C16H20N6O/c1-11-19-13(14-6-3-4-9-22(14)12(2)23)10-15(20-11)21-16-17-7-5-8-18-16/h5,7-8,10,14H,3-4,6,9H2,1-2H3,(H,17,18,19,20,21). The zero-order valence-corrected chi connectivity index (χ0v) is 13.4. The monoisotopic (exact) mass is 312 g/mol. The number of hydrogen-bond acceptors (Lipinski definition) is 6. The number of carbonyl (C=O) groups is 1. The molecule has 1 unspecified atom stereocenters. The van der Waals surface area contributed by atoms with E-state index in [1.165, 1.54) is 0 Å². The number of anilines is 2. The van der Waals surface area contributed by atoms with Crippen LogP contribution >= 0.6 is 0 Å². The number of likely N-dealkylation sites (tertiary alicyclic amines) is 1. The Hall–Kier alpha value is -2.57. The van der Waals surface area contributed by atoms with Gasteiger partial charge in [-0.15, -0.1) is 0 Å². The summed E-state index contributed by atoms with van der Waals surface area (Å²) >= 11 is 0. The summed E-state index contributed by atoms with van der Waals surface area (Å²) in [7, 11) is 0. The van der Waals surface area contributed by atoms with E-state index >= 15 is 0 Å². The summed E-state index contributed by atoms with van der Waals surface area (Å²) < 4.78 is 0. The molecule has 1 aliphatic heterocycles. The van der Waals surface area contributed by atoms with Gasteiger partial charge in [-0.05, 0) is 32.3 Å². The maximum atomic E-state index is 11.9. The van der Waals surface area contributed by atoms with Crippen LogP contribution in [0.15, 0.2) is 24.5 Å². The van der Waals surface area contributed by atoms with Crippen LogP contribution in [0.4, 0.5) is 11.8 Å². The van der Waals surface area contributed by atoms with Crippen molar-refractivity contribution in [2.45, 2.75) is 39.2 Å². The average molecular weight is 312 g/mol. The minimum atomic E-state index is 0.0141. The number of aromatic nitrogens is 4. The summed E-state index contributed by atoms with van der Waals surface area (Å²) in [6.07, 6.45) is 6.41. The molecule has 1 fully saturated rings. The maximum absolute atomic E-state index is 11.9. The van der Waals surface area contributed by atoms with Crippen molar-refractivity contribution in [1.82, 2.24) is 24.8 Å². The lowest BCUT2D eigenvalue weighted by atomic mass is 9.99. The van der Waals surface area contributed by atoms with E-state index in [0.29, 0.717) is 17.6 Å². The molecule has 7 nitrogen and oxygen atoms in total. The Balaban J connectivity index is 1.89. The zero-order valence-electron chi connectivity index (χ0n) is 13.4. The largest absolute Gasteiger partial charge is 0.334 e. The topological polar surface area (TPSA) is 83.9 Å². The van der Waals surface area contributed by atoms with Gasteiger partial charge in [0.1, 0.15) is 11.6 Å². The van der Waals surface area contributed by atoms with Crippen molar-refractivity contribution < 1.29 is 4.79 Å². The van der Waals surface area contributed by atoms with Crippen LogP contribution < -0.4 is 5.32 Å². The molecule has 7 heteroatoms. The molecule has 0 bridgehead atoms. The van der Waals surface area contributed by atoms with Gasteiger partial charge in [-0.25, -0.2) is 19.9 Å². The Morgan fingerprint density at radius 3 is 2.78 bits per heavy atom. The normalized spacial score (nSPS) is 17.8. The number of amides is 1. The number of aryl methyl sites for hydroxylation is 1. The van der Waals surface area contributed by atoms with Gasteiger partial charge in [0, 0.05) is 31.9 Å². The fraction of sp³-hybridized carbons (Fsp3) is 0.438. The van der Waals surface area contributed by atoms with Gasteiger partial charge in [0.05, 0.1) is 11.7 Å². The first kappa shape index (κ1) is 15.3. The van der Waals surface area contributed by atoms with Gasteiger partial charge in [-0.2, -0.15) is 0 Å². The van der Waals surface area contributed by atoms with E-state index in [1.54, 1.807) is 25.4 Å². The molecule has 0 aromatic carbocycles. The third-order valence-electron chi connectivity index (χ3n) is 3.91. The molecule has 3 rings (SSSR count). The van der Waals surface area contributed by atoms with E-state index < -0.39 is 0 Å². The van der Waals surface area contributed by atoms with Gasteiger partial charge in [0.25, 0.3) is 0 Å². The lowest BCUT2D eigenvalue weighted by Gasteiger charge is -2.34. The quantitative estimate of drug-likeness (QED) is 0.937. The molecular formula is C16H20N6O. The van der Waals surface area contributed by atoms with E-state index in [4.69, 9.17) is 0 Å². The fourth-order valence-electron chi connectivity index (χ4n) is 2.92. The molecule has 23 heavy (non-hydrogen) atoms. The predicted molar refractivity (Wildman–Crippen MR) is 86.1 cm³/mol. The van der Waals surface area contributed by atoms with Crippen LogP contribution in [0.5, 0.6) is 0 Å². The van der Waals surface area contributed by atoms with Crippen LogP contribution in [0.1, 0.15) is 43.7 Å². The van der Waals surface area contributed by atoms with Crippen molar-refractivity contribution in [2.75, 3.05) is 11.9 Å². The third kappa shape index (κ3) is 3.61. The second-order valence-electron chi connectivity index (χ2n) is 5.65. The minimum Gasteiger partial charge on any atom is -0.334 e. The first-order chi connectivity index (χ1) is 11.1. The summed E-state index contributed by atoms with van der Waals surface area (Å²) in [5, 5.41) is 3.09. The third-order valence-corrected chi connectivity index (χ3v) is 3.91. The van der Waals surface area contributed by atoms with Gasteiger partial charge in [0.2, 0.25) is 11.9 Å². The summed E-state index contributed by atoms with van der Waals surface area (Å²) in [6.45, 7) is 4.25. The predicted octanol–water partition coefficient (Wildman–Crippen LogP) is 2.39. The summed E-state index contributed by atoms with van der Waals surface area (Å²) in [4.78, 5) is 31.0. The number of piperidine rings is 1. The number of nitrogens with one attached hydrogen (secondary N) is 1. The van der Waals surface area contributed by atoms with Crippen molar-refractivity contribution in [3.63, 3.8) is 0 Å². The Bertz CT molecular complexity index is 690. The summed E-state index contributed by atoms with van der Waals surface area (Å²) in [5.41, 5.74) is 0.867. The molecule has 1 aliphatic rings. The Labute approximate surface area is 135 Å². The van der Waals surface area contributed by atoms with Gasteiger partial charge in [-0.1, -0.05) is 0 Å². The minimum absolute atomic E-state index is 0.0141. The fourth-order valence-corrected chi connectivity index (χ4v) is 2.92. The zero-order chi connectivity index (χ0) is 16.2. The van der Waals surface area contributed by atoms with Crippen molar-refractivity contribution in [2.24, 2.45) is 0 Å². The molecule has 1 saturated heterocycles. The molecule has 3 heterocycles. The van der Waals surface area contributed by atoms with Crippen LogP contribution in [0, 0.1) is 6.92 Å². The first-order valence-corrected chi connectivity index (χ1v) is 7.80. The van der Waals surface area contributed by atoms with Crippen LogP contribution in [-0.4, -0.2) is 37.3 Å². The molecule has 2 aromatic rings. The number of carbonyl (C=O) groups excluding carboxylic acids is 1. The highest BCUT2D eigenvalue weighted by molar-refractivity contribution is 5.74. The molecule has 0 spiro atoms. The Kier molecular flexibility index (Phi) is 4.45. The van der Waals surface area contributed by atoms with Crippen molar-refractivity contribution in [3.05, 3.63) is 36.0 Å². The molecule has 1 amide bonds. The van der Waals surface area contributed by atoms with E-state index in [1.807, 2.05) is 17.9 Å². The van der Waals surface area contributed by atoms with Crippen molar-refractivity contribution in [1.29, 1.82) is 0 Å². The number of nitrogens with zero attached hydrogens (tertiary/aromatic N) is 5. The highest BCUT2D eigenvalue weighted by atomic mass is 16.2. The highest BCUT2D eigenvalue weighted by Gasteiger charge is 2.27. The molecule has 1 atom stereocenters. The maximum Gasteiger partial charge on any atom is 0.228 e. The van der Waals surface area contributed by atoms with E-state index in [0.717, 1.165) is 31.5 Å². The van der Waals surface area contributed by atoms with Gasteiger partial charge < -0.3 is 10.2 Å². The molecule has 2 aromatic heterocycles. The van der Waals surface area contributed by atoms with Crippen molar-refractivity contribution >= 4 is 17.7 Å². The van der Waals surface area contributed by atoms with Gasteiger partial charge in [-0.3, -0.25) is 4.79 Å². The van der Waals surface area contributed by atoms with Crippen LogP contribution in [0.25, 0.3) is 0 Å². The lowest BCUT2D eigenvalue weighted by Crippen LogP contribution is -2.37. The highest BCUT2D eigenvalue weighted by Crippen LogP contribution is 2.31. The molecule has 0 saturated carbocycles. The number of rotatable bonds is 3. The van der Waals surface area contributed by atoms with E-state index in [-0.39, 0.29) is 11.9 Å². The molecule has 1 N–H and O–H groups in total. The second-order valence-corrected chi connectivity index (χ2v) is 5.65. The Morgan fingerprint density at radius 2 is 2.04 bits per heavy atom. The lowest BCUT2D eigenvalue weighted by molar-refractivity contribution is -0.132. The molecule has 0 radical (unpaired) electrons. The smallest absolute Gasteiger partial charge is 0.228 e. The Morgan fingerprint density at radius 1 is 1.26 bits per heavy atom. The first-order valence-electron chi connectivity index (χ1n) is 7.80. The van der Waals surface area contributed by atoms with Crippen molar-refractivity contribution in [3.8, 4) is 0 Å². The average Bonchev–Trinajstić information content (AvgIpc) is 2.55. The number of hydrogen-bond donors (Lipinski definition) is 1. The van der Waals surface area contributed by atoms with Gasteiger partial charge in [0.15, 0.2) is 0 Å². The van der Waals surface area contributed by atoms with Crippen LogP contribution in [-0.2, 0) is 4.79 Å². The van der Waals surface area contributed by atoms with Gasteiger partial charge >= 0.3 is 0 Å². The summed E-state index contributed by atoms with van der Waals surface area (Å²) in [5.74, 6) is 1.89. The second kappa shape index (κ2) is 6.68. The molecule has 120 valence electrons. The SMILES string of the molecule is CC(=O)N1CCCCC1c1cc(Nc2ncccn2)nc(C)n1. The summed E-state index contributed by atoms with van der Waals surface area (Å²) in [6, 6.07) is 3.66. The van der Waals surface area contributed by atoms with Crippen LogP contribution in [0.3, 0.4) is 0 Å². The molecular weight excluding hydrogens is 292 g/mol. The molecule has 0 aliphatic carbocycles. The van der Waals surface area contributed by atoms with Crippen LogP contribution in [0.2, 0.25) is 0 Å².